The molecule has 1 heterocycles. The van der Waals surface area contributed by atoms with E-state index in [0.29, 0.717) is 0 Å². The normalized spacial score (nSPS) is 11.2. The number of hydrogen-bond donors (Lipinski definition) is 1. The standard InChI is InChI=1S/C16H22N2O2/c1-4-17-10-13-5-6-15-14(9-13)7-8-18(15)11-16(19)20-12(2)3/h5-9,12,17H,4,10-11H2,1-3H3. The van der Waals surface area contributed by atoms with Gasteiger partial charge in [-0.2, -0.15) is 0 Å². The third-order valence-corrected chi connectivity index (χ3v) is 3.08. The van der Waals surface area contributed by atoms with Crippen molar-refractivity contribution in [1.29, 1.82) is 0 Å². The zero-order valence-electron chi connectivity index (χ0n) is 12.3. The van der Waals surface area contributed by atoms with Crippen molar-refractivity contribution in [2.45, 2.75) is 40.0 Å². The average Bonchev–Trinajstić information content (AvgIpc) is 2.78. The van der Waals surface area contributed by atoms with E-state index in [2.05, 4.69) is 30.4 Å². The summed E-state index contributed by atoms with van der Waals surface area (Å²) in [6.07, 6.45) is 1.86. The second-order valence-corrected chi connectivity index (χ2v) is 5.16. The number of nitrogens with one attached hydrogen (secondary N) is 1. The molecule has 2 rings (SSSR count). The van der Waals surface area contributed by atoms with Gasteiger partial charge in [0.25, 0.3) is 0 Å². The predicted molar refractivity (Wildman–Crippen MR) is 80.5 cm³/mol. The van der Waals surface area contributed by atoms with E-state index in [1.165, 1.54) is 5.56 Å². The van der Waals surface area contributed by atoms with Crippen LogP contribution >= 0.6 is 0 Å². The minimum atomic E-state index is -0.200. The maximum Gasteiger partial charge on any atom is 0.326 e. The minimum absolute atomic E-state index is 0.0731. The van der Waals surface area contributed by atoms with Crippen molar-refractivity contribution in [1.82, 2.24) is 9.88 Å². The Balaban J connectivity index is 2.14. The van der Waals surface area contributed by atoms with E-state index < -0.39 is 0 Å². The summed E-state index contributed by atoms with van der Waals surface area (Å²) in [7, 11) is 0. The fourth-order valence-corrected chi connectivity index (χ4v) is 2.21. The van der Waals surface area contributed by atoms with Gasteiger partial charge in [-0.25, -0.2) is 0 Å². The third-order valence-electron chi connectivity index (χ3n) is 3.08. The highest BCUT2D eigenvalue weighted by molar-refractivity contribution is 5.82. The second-order valence-electron chi connectivity index (χ2n) is 5.16. The number of nitrogens with zero attached hydrogens (tertiary/aromatic N) is 1. The summed E-state index contributed by atoms with van der Waals surface area (Å²) in [5.74, 6) is -0.200. The van der Waals surface area contributed by atoms with Crippen molar-refractivity contribution < 1.29 is 9.53 Å². The van der Waals surface area contributed by atoms with Gasteiger partial charge in [-0.1, -0.05) is 13.0 Å². The maximum atomic E-state index is 11.7. The van der Waals surface area contributed by atoms with Gasteiger partial charge in [0.15, 0.2) is 0 Å². The first-order valence-corrected chi connectivity index (χ1v) is 7.08. The average molecular weight is 274 g/mol. The smallest absolute Gasteiger partial charge is 0.326 e. The zero-order chi connectivity index (χ0) is 14.5. The summed E-state index contributed by atoms with van der Waals surface area (Å²) in [5.41, 5.74) is 2.31. The number of hydrogen-bond acceptors (Lipinski definition) is 3. The molecule has 0 unspecified atom stereocenters. The van der Waals surface area contributed by atoms with Gasteiger partial charge in [0.1, 0.15) is 6.54 Å². The Morgan fingerprint density at radius 2 is 2.15 bits per heavy atom. The SMILES string of the molecule is CCNCc1ccc2c(ccn2CC(=O)OC(C)C)c1. The van der Waals surface area contributed by atoms with Crippen LogP contribution in [0.3, 0.4) is 0 Å². The Hall–Kier alpha value is -1.81. The molecule has 4 heteroatoms. The molecule has 0 aliphatic heterocycles. The predicted octanol–water partition coefficient (Wildman–Crippen LogP) is 2.70. The molecule has 0 saturated heterocycles. The highest BCUT2D eigenvalue weighted by Crippen LogP contribution is 2.18. The molecule has 0 bridgehead atoms. The van der Waals surface area contributed by atoms with Gasteiger partial charge in [-0.05, 0) is 49.5 Å². The molecule has 0 atom stereocenters. The van der Waals surface area contributed by atoms with Crippen LogP contribution in [0.25, 0.3) is 10.9 Å². The van der Waals surface area contributed by atoms with Crippen molar-refractivity contribution in [2.24, 2.45) is 0 Å². The molecular weight excluding hydrogens is 252 g/mol. The van der Waals surface area contributed by atoms with Gasteiger partial charge in [-0.15, -0.1) is 0 Å². The molecule has 0 spiro atoms. The number of carbonyl (C=O) groups is 1. The molecule has 0 amide bonds. The summed E-state index contributed by atoms with van der Waals surface area (Å²) in [5, 5.41) is 4.46. The number of fused-ring (bicyclic) bond motifs is 1. The summed E-state index contributed by atoms with van der Waals surface area (Å²) in [6.45, 7) is 7.90. The van der Waals surface area contributed by atoms with Gasteiger partial charge >= 0.3 is 5.97 Å². The van der Waals surface area contributed by atoms with Crippen molar-refractivity contribution in [3.05, 3.63) is 36.0 Å². The van der Waals surface area contributed by atoms with Crippen molar-refractivity contribution in [3.8, 4) is 0 Å². The van der Waals surface area contributed by atoms with Crippen LogP contribution in [0.5, 0.6) is 0 Å². The zero-order valence-corrected chi connectivity index (χ0v) is 12.3. The third kappa shape index (κ3) is 3.61. The van der Waals surface area contributed by atoms with E-state index in [1.807, 2.05) is 30.7 Å². The first-order valence-electron chi connectivity index (χ1n) is 7.08. The fourth-order valence-electron chi connectivity index (χ4n) is 2.21. The van der Waals surface area contributed by atoms with Crippen LogP contribution in [-0.2, 0) is 22.6 Å². The molecule has 108 valence electrons. The lowest BCUT2D eigenvalue weighted by atomic mass is 10.1. The van der Waals surface area contributed by atoms with Crippen LogP contribution in [0, 0.1) is 0 Å². The molecule has 1 aromatic heterocycles. The number of rotatable bonds is 6. The van der Waals surface area contributed by atoms with E-state index in [4.69, 9.17) is 4.74 Å². The van der Waals surface area contributed by atoms with E-state index in [1.54, 1.807) is 0 Å². The van der Waals surface area contributed by atoms with Crippen LogP contribution in [0.2, 0.25) is 0 Å². The highest BCUT2D eigenvalue weighted by Gasteiger charge is 2.09. The molecule has 20 heavy (non-hydrogen) atoms. The van der Waals surface area contributed by atoms with E-state index >= 15 is 0 Å². The molecule has 0 saturated carbocycles. The Morgan fingerprint density at radius 1 is 1.35 bits per heavy atom. The first-order chi connectivity index (χ1) is 9.60. The number of benzene rings is 1. The molecule has 4 nitrogen and oxygen atoms in total. The van der Waals surface area contributed by atoms with Gasteiger partial charge in [0.05, 0.1) is 6.10 Å². The van der Waals surface area contributed by atoms with E-state index in [0.717, 1.165) is 24.0 Å². The lowest BCUT2D eigenvalue weighted by molar-refractivity contribution is -0.148. The van der Waals surface area contributed by atoms with Crippen molar-refractivity contribution >= 4 is 16.9 Å². The minimum Gasteiger partial charge on any atom is -0.462 e. The number of carbonyl (C=O) groups excluding carboxylic acids is 1. The molecule has 0 aliphatic rings. The van der Waals surface area contributed by atoms with Crippen molar-refractivity contribution in [3.63, 3.8) is 0 Å². The van der Waals surface area contributed by atoms with Crippen LogP contribution in [0.15, 0.2) is 30.5 Å². The fraction of sp³-hybridized carbons (Fsp3) is 0.438. The van der Waals surface area contributed by atoms with Gasteiger partial charge in [-0.3, -0.25) is 4.79 Å². The molecular formula is C16H22N2O2. The molecule has 0 fully saturated rings. The molecule has 1 N–H and O–H groups in total. The maximum absolute atomic E-state index is 11.7. The van der Waals surface area contributed by atoms with Crippen molar-refractivity contribution in [2.75, 3.05) is 6.54 Å². The van der Waals surface area contributed by atoms with E-state index in [-0.39, 0.29) is 18.6 Å². The lowest BCUT2D eigenvalue weighted by Gasteiger charge is -2.09. The lowest BCUT2D eigenvalue weighted by Crippen LogP contribution is -2.17. The van der Waals surface area contributed by atoms with Crippen LogP contribution in [0.1, 0.15) is 26.3 Å². The Labute approximate surface area is 119 Å². The first kappa shape index (κ1) is 14.6. The Bertz CT molecular complexity index is 587. The van der Waals surface area contributed by atoms with Gasteiger partial charge < -0.3 is 14.6 Å². The summed E-state index contributed by atoms with van der Waals surface area (Å²) < 4.78 is 7.11. The number of esters is 1. The Morgan fingerprint density at radius 3 is 2.85 bits per heavy atom. The molecule has 0 radical (unpaired) electrons. The van der Waals surface area contributed by atoms with Crippen LogP contribution in [-0.4, -0.2) is 23.2 Å². The summed E-state index contributed by atoms with van der Waals surface area (Å²) in [4.78, 5) is 11.7. The van der Waals surface area contributed by atoms with Gasteiger partial charge in [0.2, 0.25) is 0 Å². The number of ether oxygens (including phenoxy) is 1. The summed E-state index contributed by atoms with van der Waals surface area (Å²) in [6, 6.07) is 8.34. The van der Waals surface area contributed by atoms with E-state index in [9.17, 15) is 4.79 Å². The molecule has 2 aromatic rings. The highest BCUT2D eigenvalue weighted by atomic mass is 16.5. The number of aromatic nitrogens is 1. The summed E-state index contributed by atoms with van der Waals surface area (Å²) >= 11 is 0. The monoisotopic (exact) mass is 274 g/mol. The topological polar surface area (TPSA) is 43.3 Å². The largest absolute Gasteiger partial charge is 0.462 e. The van der Waals surface area contributed by atoms with Gasteiger partial charge in [0, 0.05) is 18.3 Å². The van der Waals surface area contributed by atoms with Crippen LogP contribution in [0.4, 0.5) is 0 Å². The molecule has 0 aliphatic carbocycles. The Kier molecular flexibility index (Phi) is 4.79. The second kappa shape index (κ2) is 6.57. The molecule has 1 aromatic carbocycles. The quantitative estimate of drug-likeness (QED) is 0.824. The van der Waals surface area contributed by atoms with Crippen LogP contribution < -0.4 is 5.32 Å².